The number of aromatic nitrogens is 2. The monoisotopic (exact) mass is 327 g/mol. The first-order valence-electron chi connectivity index (χ1n) is 5.81. The van der Waals surface area contributed by atoms with Crippen LogP contribution in [-0.4, -0.2) is 18.6 Å². The third-order valence-electron chi connectivity index (χ3n) is 2.59. The summed E-state index contributed by atoms with van der Waals surface area (Å²) in [6.07, 6.45) is 1.38. The van der Waals surface area contributed by atoms with E-state index >= 15 is 0 Å². The Kier molecular flexibility index (Phi) is 3.37. The largest absolute Gasteiger partial charge is 0.459 e. The quantitative estimate of drug-likeness (QED) is 0.790. The van der Waals surface area contributed by atoms with Crippen LogP contribution in [0.15, 0.2) is 50.4 Å². The van der Waals surface area contributed by atoms with Gasteiger partial charge in [0.1, 0.15) is 0 Å². The second-order valence-corrected chi connectivity index (χ2v) is 5.76. The van der Waals surface area contributed by atoms with Gasteiger partial charge in [-0.25, -0.2) is 21.9 Å². The predicted octanol–water partition coefficient (Wildman–Crippen LogP) is 2.41. The summed E-state index contributed by atoms with van der Waals surface area (Å²) >= 11 is 0. The molecule has 3 aromatic rings. The Labute approximate surface area is 122 Å². The van der Waals surface area contributed by atoms with Crippen LogP contribution < -0.4 is 4.72 Å². The van der Waals surface area contributed by atoms with E-state index in [1.165, 1.54) is 6.26 Å². The summed E-state index contributed by atoms with van der Waals surface area (Å²) in [6, 6.07) is 5.29. The highest BCUT2D eigenvalue weighted by atomic mass is 32.2. The summed E-state index contributed by atoms with van der Waals surface area (Å²) in [5, 5.41) is 3.42. The number of hydrogen-bond donors (Lipinski definition) is 1. The number of sulfonamides is 1. The Morgan fingerprint density at radius 2 is 1.95 bits per heavy atom. The molecule has 0 bridgehead atoms. The fraction of sp³-hybridized carbons (Fsp3) is 0. The Hall–Kier alpha value is -2.75. The molecule has 1 N–H and O–H groups in total. The Morgan fingerprint density at radius 1 is 1.14 bits per heavy atom. The summed E-state index contributed by atoms with van der Waals surface area (Å²) in [5.74, 6) is -2.58. The summed E-state index contributed by atoms with van der Waals surface area (Å²) in [7, 11) is -4.18. The lowest BCUT2D eigenvalue weighted by atomic mass is 10.3. The van der Waals surface area contributed by atoms with E-state index in [2.05, 4.69) is 10.1 Å². The van der Waals surface area contributed by atoms with Crippen molar-refractivity contribution in [2.24, 2.45) is 0 Å². The summed E-state index contributed by atoms with van der Waals surface area (Å²) < 4.78 is 61.8. The number of nitrogens with zero attached hydrogens (tertiary/aromatic N) is 2. The molecule has 0 fully saturated rings. The van der Waals surface area contributed by atoms with Crippen LogP contribution in [0.5, 0.6) is 0 Å². The molecule has 0 aliphatic rings. The highest BCUT2D eigenvalue weighted by Gasteiger charge is 2.20. The summed E-state index contributed by atoms with van der Waals surface area (Å²) in [4.78, 5) is 3.30. The van der Waals surface area contributed by atoms with E-state index in [4.69, 9.17) is 8.94 Å². The third-order valence-corrected chi connectivity index (χ3v) is 3.91. The molecule has 22 heavy (non-hydrogen) atoms. The van der Waals surface area contributed by atoms with Crippen LogP contribution in [0.3, 0.4) is 0 Å². The van der Waals surface area contributed by atoms with E-state index < -0.39 is 26.6 Å². The number of hydrogen-bond acceptors (Lipinski definition) is 6. The molecule has 0 saturated heterocycles. The Morgan fingerprint density at radius 3 is 2.64 bits per heavy atom. The van der Waals surface area contributed by atoms with E-state index in [-0.39, 0.29) is 17.6 Å². The fourth-order valence-corrected chi connectivity index (χ4v) is 2.54. The van der Waals surface area contributed by atoms with Gasteiger partial charge in [-0.05, 0) is 35.5 Å². The van der Waals surface area contributed by atoms with Gasteiger partial charge in [0.25, 0.3) is 21.9 Å². The molecule has 0 amide bonds. The van der Waals surface area contributed by atoms with Crippen LogP contribution in [-0.2, 0) is 10.0 Å². The Bertz CT molecular complexity index is 906. The van der Waals surface area contributed by atoms with Gasteiger partial charge in [-0.2, -0.15) is 4.98 Å². The first kappa shape index (κ1) is 14.2. The normalized spacial score (nSPS) is 11.5. The van der Waals surface area contributed by atoms with Crippen LogP contribution in [0.1, 0.15) is 0 Å². The Balaban J connectivity index is 1.87. The molecule has 3 rings (SSSR count). The van der Waals surface area contributed by atoms with Gasteiger partial charge >= 0.3 is 0 Å². The fourth-order valence-electron chi connectivity index (χ4n) is 1.59. The van der Waals surface area contributed by atoms with Crippen LogP contribution >= 0.6 is 0 Å². The molecule has 0 aliphatic heterocycles. The van der Waals surface area contributed by atoms with Crippen molar-refractivity contribution in [1.29, 1.82) is 0 Å². The predicted molar refractivity (Wildman–Crippen MR) is 69.2 cm³/mol. The van der Waals surface area contributed by atoms with E-state index in [1.54, 1.807) is 12.1 Å². The van der Waals surface area contributed by atoms with Gasteiger partial charge in [0.15, 0.2) is 17.4 Å². The van der Waals surface area contributed by atoms with Crippen molar-refractivity contribution in [2.75, 3.05) is 4.72 Å². The van der Waals surface area contributed by atoms with Crippen LogP contribution in [0, 0.1) is 11.6 Å². The zero-order valence-electron chi connectivity index (χ0n) is 10.7. The molecule has 10 heteroatoms. The molecular formula is C12H7F2N3O4S. The molecule has 0 saturated carbocycles. The second kappa shape index (κ2) is 5.22. The van der Waals surface area contributed by atoms with Gasteiger partial charge < -0.3 is 8.94 Å². The van der Waals surface area contributed by atoms with Gasteiger partial charge in [-0.15, -0.1) is 0 Å². The smallest absolute Gasteiger partial charge is 0.295 e. The number of rotatable bonds is 4. The highest BCUT2D eigenvalue weighted by molar-refractivity contribution is 7.92. The maximum Gasteiger partial charge on any atom is 0.295 e. The highest BCUT2D eigenvalue weighted by Crippen LogP contribution is 2.21. The first-order valence-corrected chi connectivity index (χ1v) is 7.29. The van der Waals surface area contributed by atoms with Crippen molar-refractivity contribution < 1.29 is 26.1 Å². The molecule has 2 aromatic heterocycles. The lowest BCUT2D eigenvalue weighted by molar-refractivity contribution is 0.417. The second-order valence-electron chi connectivity index (χ2n) is 4.08. The van der Waals surface area contributed by atoms with Gasteiger partial charge in [-0.3, -0.25) is 0 Å². The van der Waals surface area contributed by atoms with Crippen molar-refractivity contribution in [1.82, 2.24) is 10.1 Å². The average Bonchev–Trinajstić information content (AvgIpc) is 3.11. The minimum atomic E-state index is -4.18. The number of halogens is 2. The molecule has 1 aromatic carbocycles. The zero-order valence-corrected chi connectivity index (χ0v) is 11.5. The number of furan rings is 1. The van der Waals surface area contributed by atoms with Gasteiger partial charge in [0.2, 0.25) is 0 Å². The van der Waals surface area contributed by atoms with Gasteiger partial charge in [0, 0.05) is 0 Å². The van der Waals surface area contributed by atoms with E-state index in [0.717, 1.165) is 6.07 Å². The average molecular weight is 327 g/mol. The first-order chi connectivity index (χ1) is 10.5. The van der Waals surface area contributed by atoms with Crippen LogP contribution in [0.25, 0.3) is 11.7 Å². The van der Waals surface area contributed by atoms with Crippen molar-refractivity contribution in [3.05, 3.63) is 48.2 Å². The molecule has 0 radical (unpaired) electrons. The van der Waals surface area contributed by atoms with Crippen molar-refractivity contribution >= 4 is 16.0 Å². The minimum absolute atomic E-state index is 0.0343. The van der Waals surface area contributed by atoms with Crippen molar-refractivity contribution in [2.45, 2.75) is 4.90 Å². The lowest BCUT2D eigenvalue weighted by Gasteiger charge is -2.04. The standard InChI is InChI=1S/C12H7F2N3O4S/c13-8-4-3-7(6-9(8)14)22(18,19)17-12-15-11(21-16-12)10-2-1-5-20-10/h1-6H,(H,16,17). The van der Waals surface area contributed by atoms with Gasteiger partial charge in [0.05, 0.1) is 11.2 Å². The number of nitrogens with one attached hydrogen (secondary N) is 1. The summed E-state index contributed by atoms with van der Waals surface area (Å²) in [6.45, 7) is 0. The lowest BCUT2D eigenvalue weighted by Crippen LogP contribution is -2.14. The summed E-state index contributed by atoms with van der Waals surface area (Å²) in [5.41, 5.74) is 0. The molecule has 0 atom stereocenters. The SMILES string of the molecule is O=S(=O)(Nc1noc(-c2ccco2)n1)c1ccc(F)c(F)c1. The zero-order chi connectivity index (χ0) is 15.7. The van der Waals surface area contributed by atoms with E-state index in [0.29, 0.717) is 12.1 Å². The minimum Gasteiger partial charge on any atom is -0.459 e. The maximum atomic E-state index is 13.1. The molecule has 2 heterocycles. The van der Waals surface area contributed by atoms with Crippen LogP contribution in [0.2, 0.25) is 0 Å². The maximum absolute atomic E-state index is 13.1. The molecule has 114 valence electrons. The topological polar surface area (TPSA) is 98.2 Å². The molecule has 7 nitrogen and oxygen atoms in total. The molecule has 0 spiro atoms. The van der Waals surface area contributed by atoms with E-state index in [1.807, 2.05) is 4.72 Å². The van der Waals surface area contributed by atoms with Gasteiger partial charge in [-0.1, -0.05) is 0 Å². The molecule has 0 unspecified atom stereocenters. The molecule has 0 aliphatic carbocycles. The van der Waals surface area contributed by atoms with Crippen molar-refractivity contribution in [3.63, 3.8) is 0 Å². The van der Waals surface area contributed by atoms with Crippen LogP contribution in [0.4, 0.5) is 14.7 Å². The number of benzene rings is 1. The van der Waals surface area contributed by atoms with E-state index in [9.17, 15) is 17.2 Å². The molecular weight excluding hydrogens is 320 g/mol. The third kappa shape index (κ3) is 2.68. The van der Waals surface area contributed by atoms with Crippen molar-refractivity contribution in [3.8, 4) is 11.7 Å². The number of anilines is 1.